The summed E-state index contributed by atoms with van der Waals surface area (Å²) in [5.74, 6) is -1.07. The van der Waals surface area contributed by atoms with Crippen LogP contribution in [0.1, 0.15) is 57.9 Å². The van der Waals surface area contributed by atoms with Crippen LogP contribution >= 0.6 is 0 Å². The molecule has 0 saturated heterocycles. The number of nitrogens with zero attached hydrogens (tertiary/aromatic N) is 4. The Hall–Kier alpha value is -5.29. The van der Waals surface area contributed by atoms with E-state index in [4.69, 9.17) is 4.74 Å². The predicted octanol–water partition coefficient (Wildman–Crippen LogP) is 6.40. The molecule has 2 heterocycles. The first-order chi connectivity index (χ1) is 22.2. The molecule has 0 aliphatic carbocycles. The molecule has 0 spiro atoms. The number of aliphatic imine (C=N–C) groups is 1. The Labute approximate surface area is 266 Å². The number of anilines is 1. The molecule has 238 valence electrons. The number of amides is 1. The molecule has 5 aromatic rings. The van der Waals surface area contributed by atoms with Crippen LogP contribution in [0.4, 0.5) is 15.8 Å². The van der Waals surface area contributed by atoms with Crippen LogP contribution in [-0.4, -0.2) is 68.9 Å². The highest BCUT2D eigenvalue weighted by Gasteiger charge is 2.16. The van der Waals surface area contributed by atoms with Gasteiger partial charge in [0, 0.05) is 53.6 Å². The monoisotopic (exact) mass is 624 g/mol. The van der Waals surface area contributed by atoms with Gasteiger partial charge >= 0.3 is 0 Å². The van der Waals surface area contributed by atoms with Crippen LogP contribution in [0.2, 0.25) is 0 Å². The summed E-state index contributed by atoms with van der Waals surface area (Å²) >= 11 is 0. The third-order valence-electron chi connectivity index (χ3n) is 7.73. The SMILES string of the molecule is CCN(CC)CCCOc1ccc(N=Cc2c(O)[nH]c3cc(C(=O)c4cccc(NC(=O)c5cc(C)nn5C)c4)ccc23)cc1F. The van der Waals surface area contributed by atoms with E-state index < -0.39 is 5.82 Å². The first-order valence-electron chi connectivity index (χ1n) is 15.2. The van der Waals surface area contributed by atoms with E-state index in [0.29, 0.717) is 51.3 Å². The van der Waals surface area contributed by atoms with Gasteiger partial charge in [-0.2, -0.15) is 5.10 Å². The van der Waals surface area contributed by atoms with E-state index in [2.05, 4.69) is 39.1 Å². The van der Waals surface area contributed by atoms with E-state index in [9.17, 15) is 19.1 Å². The average Bonchev–Trinajstić information content (AvgIpc) is 3.56. The number of carbonyl (C=O) groups is 2. The smallest absolute Gasteiger partial charge is 0.273 e. The van der Waals surface area contributed by atoms with Crippen molar-refractivity contribution < 1.29 is 23.8 Å². The van der Waals surface area contributed by atoms with E-state index in [1.807, 2.05) is 0 Å². The number of H-pyrrole nitrogens is 1. The number of hydrogen-bond acceptors (Lipinski definition) is 7. The van der Waals surface area contributed by atoms with E-state index in [1.165, 1.54) is 17.0 Å². The Kier molecular flexibility index (Phi) is 9.92. The lowest BCUT2D eigenvalue weighted by atomic mass is 10.0. The lowest BCUT2D eigenvalue weighted by Gasteiger charge is -2.17. The summed E-state index contributed by atoms with van der Waals surface area (Å²) in [6.07, 6.45) is 2.25. The van der Waals surface area contributed by atoms with Crippen molar-refractivity contribution in [3.8, 4) is 11.6 Å². The number of rotatable bonds is 13. The van der Waals surface area contributed by atoms with Crippen LogP contribution in [0.3, 0.4) is 0 Å². The number of aromatic hydroxyl groups is 1. The molecule has 0 bridgehead atoms. The summed E-state index contributed by atoms with van der Waals surface area (Å²) in [5.41, 5.74) is 3.66. The van der Waals surface area contributed by atoms with Crippen molar-refractivity contribution in [2.75, 3.05) is 31.6 Å². The zero-order valence-corrected chi connectivity index (χ0v) is 26.3. The van der Waals surface area contributed by atoms with Gasteiger partial charge in [0.25, 0.3) is 5.91 Å². The Balaban J connectivity index is 1.27. The molecule has 3 aromatic carbocycles. The van der Waals surface area contributed by atoms with Gasteiger partial charge in [0.15, 0.2) is 23.2 Å². The predicted molar refractivity (Wildman–Crippen MR) is 177 cm³/mol. The topological polar surface area (TPSA) is 125 Å². The maximum Gasteiger partial charge on any atom is 0.273 e. The lowest BCUT2D eigenvalue weighted by molar-refractivity contribution is 0.101. The highest BCUT2D eigenvalue weighted by Crippen LogP contribution is 2.29. The molecular formula is C35H37FN6O4. The number of ketones is 1. The van der Waals surface area contributed by atoms with Crippen LogP contribution in [-0.2, 0) is 7.05 Å². The number of aromatic nitrogens is 3. The largest absolute Gasteiger partial charge is 0.494 e. The van der Waals surface area contributed by atoms with Crippen molar-refractivity contribution in [1.29, 1.82) is 0 Å². The highest BCUT2D eigenvalue weighted by molar-refractivity contribution is 6.13. The summed E-state index contributed by atoms with van der Waals surface area (Å²) in [6, 6.07) is 17.9. The summed E-state index contributed by atoms with van der Waals surface area (Å²) in [7, 11) is 1.69. The lowest BCUT2D eigenvalue weighted by Crippen LogP contribution is -2.25. The zero-order chi connectivity index (χ0) is 32.8. The quantitative estimate of drug-likeness (QED) is 0.0791. The minimum atomic E-state index is -0.514. The molecule has 11 heteroatoms. The minimum Gasteiger partial charge on any atom is -0.494 e. The summed E-state index contributed by atoms with van der Waals surface area (Å²) in [5, 5.41) is 18.3. The fourth-order valence-electron chi connectivity index (χ4n) is 5.24. The van der Waals surface area contributed by atoms with Crippen LogP contribution in [0.5, 0.6) is 11.6 Å². The van der Waals surface area contributed by atoms with Gasteiger partial charge in [-0.05, 0) is 62.8 Å². The zero-order valence-electron chi connectivity index (χ0n) is 26.3. The Morgan fingerprint density at radius 1 is 1.09 bits per heavy atom. The highest BCUT2D eigenvalue weighted by atomic mass is 19.1. The van der Waals surface area contributed by atoms with Crippen molar-refractivity contribution >= 4 is 40.2 Å². The number of benzene rings is 3. The molecule has 0 aliphatic heterocycles. The molecule has 46 heavy (non-hydrogen) atoms. The number of aromatic amines is 1. The molecule has 1 amide bonds. The van der Waals surface area contributed by atoms with E-state index in [-0.39, 0.29) is 23.3 Å². The molecule has 3 N–H and O–H groups in total. The van der Waals surface area contributed by atoms with Crippen molar-refractivity contribution in [1.82, 2.24) is 19.7 Å². The summed E-state index contributed by atoms with van der Waals surface area (Å²) < 4.78 is 21.8. The number of hydrogen-bond donors (Lipinski definition) is 3. The Bertz CT molecular complexity index is 1910. The second-order valence-corrected chi connectivity index (χ2v) is 10.9. The average molecular weight is 625 g/mol. The van der Waals surface area contributed by atoms with Gasteiger partial charge in [-0.3, -0.25) is 19.3 Å². The van der Waals surface area contributed by atoms with Crippen LogP contribution in [0, 0.1) is 12.7 Å². The molecule has 0 atom stereocenters. The van der Waals surface area contributed by atoms with Gasteiger partial charge in [0.2, 0.25) is 0 Å². The molecule has 10 nitrogen and oxygen atoms in total. The molecule has 0 radical (unpaired) electrons. The van der Waals surface area contributed by atoms with Gasteiger partial charge < -0.3 is 25.0 Å². The summed E-state index contributed by atoms with van der Waals surface area (Å²) in [4.78, 5) is 35.6. The standard InChI is InChI=1S/C35H37FN6O4/c1-5-42(6-2)15-8-16-46-32-14-12-25(20-29(32)36)37-21-28-27-13-11-24(19-30(27)39-34(28)44)33(43)23-9-7-10-26(18-23)38-35(45)31-17-22(3)40-41(31)4/h7,9-14,17-21,39,44H,5-6,8,15-16H2,1-4H3,(H,38,45). The van der Waals surface area contributed by atoms with Crippen molar-refractivity contribution in [2.24, 2.45) is 12.0 Å². The fraction of sp³-hybridized carbons (Fsp3) is 0.257. The number of ether oxygens (including phenoxy) is 1. The van der Waals surface area contributed by atoms with E-state index >= 15 is 0 Å². The maximum atomic E-state index is 14.7. The van der Waals surface area contributed by atoms with Crippen molar-refractivity contribution in [2.45, 2.75) is 27.2 Å². The Morgan fingerprint density at radius 2 is 1.87 bits per heavy atom. The number of carbonyl (C=O) groups excluding carboxylic acids is 2. The van der Waals surface area contributed by atoms with E-state index in [1.54, 1.807) is 74.6 Å². The number of fused-ring (bicyclic) bond motifs is 1. The molecule has 2 aromatic heterocycles. The number of halogens is 1. The third kappa shape index (κ3) is 7.32. The van der Waals surface area contributed by atoms with Crippen molar-refractivity contribution in [3.05, 3.63) is 101 Å². The van der Waals surface area contributed by atoms with Gasteiger partial charge in [-0.1, -0.05) is 38.1 Å². The second-order valence-electron chi connectivity index (χ2n) is 10.9. The van der Waals surface area contributed by atoms with Gasteiger partial charge in [-0.15, -0.1) is 0 Å². The van der Waals surface area contributed by atoms with Crippen LogP contribution < -0.4 is 10.1 Å². The first-order valence-corrected chi connectivity index (χ1v) is 15.2. The molecule has 0 unspecified atom stereocenters. The molecule has 0 saturated carbocycles. The van der Waals surface area contributed by atoms with Gasteiger partial charge in [0.1, 0.15) is 5.69 Å². The van der Waals surface area contributed by atoms with Crippen LogP contribution in [0.15, 0.2) is 71.7 Å². The fourth-order valence-corrected chi connectivity index (χ4v) is 5.24. The molecular weight excluding hydrogens is 587 g/mol. The van der Waals surface area contributed by atoms with Crippen LogP contribution in [0.25, 0.3) is 10.9 Å². The molecule has 5 rings (SSSR count). The minimum absolute atomic E-state index is 0.132. The van der Waals surface area contributed by atoms with Gasteiger partial charge in [0.05, 0.1) is 23.6 Å². The normalized spacial score (nSPS) is 11.5. The third-order valence-corrected chi connectivity index (χ3v) is 7.73. The number of nitrogens with one attached hydrogen (secondary N) is 2. The van der Waals surface area contributed by atoms with E-state index in [0.717, 1.165) is 31.7 Å². The first kappa shape index (κ1) is 32.1. The van der Waals surface area contributed by atoms with Crippen molar-refractivity contribution in [3.63, 3.8) is 0 Å². The summed E-state index contributed by atoms with van der Waals surface area (Å²) in [6.45, 7) is 9.25. The number of aryl methyl sites for hydroxylation is 2. The second kappa shape index (κ2) is 14.2. The molecule has 0 fully saturated rings. The van der Waals surface area contributed by atoms with Gasteiger partial charge in [-0.25, -0.2) is 4.39 Å². The maximum absolute atomic E-state index is 14.7. The molecule has 0 aliphatic rings. The Morgan fingerprint density at radius 3 is 2.59 bits per heavy atom.